The first-order valence-corrected chi connectivity index (χ1v) is 10.1. The average molecular weight is 402 g/mol. The number of carbonyl (C=O) groups excluding carboxylic acids is 2. The molecule has 6 nitrogen and oxygen atoms in total. The van der Waals surface area contributed by atoms with Gasteiger partial charge < -0.3 is 13.9 Å². The predicted molar refractivity (Wildman–Crippen MR) is 111 cm³/mol. The minimum atomic E-state index is -0.716. The van der Waals surface area contributed by atoms with E-state index in [-0.39, 0.29) is 29.0 Å². The number of ether oxygens (including phenoxy) is 2. The second kappa shape index (κ2) is 9.25. The molecule has 0 aliphatic rings. The maximum Gasteiger partial charge on any atom is 0.336 e. The molecule has 0 spiro atoms. The fraction of sp³-hybridized carbons (Fsp3) is 0.522. The molecular weight excluding hydrogens is 372 g/mol. The van der Waals surface area contributed by atoms with Gasteiger partial charge in [0.05, 0.1) is 16.7 Å². The van der Waals surface area contributed by atoms with Crippen LogP contribution < -0.4 is 15.1 Å². The first-order chi connectivity index (χ1) is 13.6. The van der Waals surface area contributed by atoms with Gasteiger partial charge in [-0.1, -0.05) is 33.6 Å². The third-order valence-corrected chi connectivity index (χ3v) is 4.54. The number of rotatable bonds is 7. The number of hydrogen-bond acceptors (Lipinski definition) is 6. The van der Waals surface area contributed by atoms with Crippen LogP contribution in [0.4, 0.5) is 0 Å². The largest absolute Gasteiger partial charge is 0.426 e. The van der Waals surface area contributed by atoms with Crippen molar-refractivity contribution in [3.05, 3.63) is 34.2 Å². The molecule has 0 amide bonds. The minimum Gasteiger partial charge on any atom is -0.426 e. The van der Waals surface area contributed by atoms with Gasteiger partial charge in [0.2, 0.25) is 0 Å². The van der Waals surface area contributed by atoms with Crippen LogP contribution in [0.2, 0.25) is 0 Å². The van der Waals surface area contributed by atoms with Crippen LogP contribution in [0.5, 0.6) is 11.5 Å². The zero-order chi connectivity index (χ0) is 21.8. The summed E-state index contributed by atoms with van der Waals surface area (Å²) >= 11 is 0. The Hall–Kier alpha value is -2.63. The number of carbonyl (C=O) groups is 2. The third-order valence-electron chi connectivity index (χ3n) is 4.54. The molecule has 1 unspecified atom stereocenters. The Morgan fingerprint density at radius 2 is 1.76 bits per heavy atom. The highest BCUT2D eigenvalue weighted by Gasteiger charge is 2.25. The van der Waals surface area contributed by atoms with Crippen molar-refractivity contribution >= 4 is 22.9 Å². The molecule has 0 N–H and O–H groups in total. The van der Waals surface area contributed by atoms with Gasteiger partial charge in [0.1, 0.15) is 17.1 Å². The van der Waals surface area contributed by atoms with Gasteiger partial charge in [-0.3, -0.25) is 9.59 Å². The lowest BCUT2D eigenvalue weighted by Gasteiger charge is -2.18. The molecule has 0 fully saturated rings. The van der Waals surface area contributed by atoms with E-state index in [0.29, 0.717) is 18.2 Å². The van der Waals surface area contributed by atoms with Crippen LogP contribution in [0, 0.1) is 11.3 Å². The van der Waals surface area contributed by atoms with Gasteiger partial charge in [0.25, 0.3) is 0 Å². The Morgan fingerprint density at radius 1 is 1.07 bits per heavy atom. The maximum atomic E-state index is 12.6. The molecule has 158 valence electrons. The average Bonchev–Trinajstić information content (AvgIpc) is 2.60. The number of fused-ring (bicyclic) bond motifs is 1. The minimum absolute atomic E-state index is 0.167. The van der Waals surface area contributed by atoms with E-state index < -0.39 is 17.0 Å². The van der Waals surface area contributed by atoms with Crippen LogP contribution >= 0.6 is 0 Å². The predicted octanol–water partition coefficient (Wildman–Crippen LogP) is 5.04. The molecule has 0 radical (unpaired) electrons. The van der Waals surface area contributed by atoms with Gasteiger partial charge >= 0.3 is 17.6 Å². The lowest BCUT2D eigenvalue weighted by molar-refractivity contribution is -0.143. The standard InChI is InChI=1S/C23H30O6/c1-7-9-14(3)21(25)29-18-13-16(27-22(26)23(4,5)6)12-17-20(18)15(10-8-2)11-19(24)28-17/h11-14H,7-10H2,1-6H3. The maximum absolute atomic E-state index is 12.6. The van der Waals surface area contributed by atoms with Crippen molar-refractivity contribution in [1.82, 2.24) is 0 Å². The zero-order valence-electron chi connectivity index (χ0n) is 18.1. The molecule has 0 saturated carbocycles. The topological polar surface area (TPSA) is 82.8 Å². The molecular formula is C23H30O6. The van der Waals surface area contributed by atoms with E-state index in [2.05, 4.69) is 0 Å². The van der Waals surface area contributed by atoms with E-state index in [1.54, 1.807) is 20.8 Å². The van der Waals surface area contributed by atoms with Crippen LogP contribution in [0.15, 0.2) is 27.4 Å². The van der Waals surface area contributed by atoms with Gasteiger partial charge in [0, 0.05) is 18.2 Å². The van der Waals surface area contributed by atoms with Crippen LogP contribution in [-0.2, 0) is 16.0 Å². The normalized spacial score (nSPS) is 12.6. The summed E-state index contributed by atoms with van der Waals surface area (Å²) in [5.41, 5.74) is -0.256. The van der Waals surface area contributed by atoms with Gasteiger partial charge in [-0.05, 0) is 39.2 Å². The molecule has 1 aromatic carbocycles. The van der Waals surface area contributed by atoms with E-state index >= 15 is 0 Å². The Kier molecular flexibility index (Phi) is 7.22. The summed E-state index contributed by atoms with van der Waals surface area (Å²) in [6.45, 7) is 11.0. The van der Waals surface area contributed by atoms with E-state index in [4.69, 9.17) is 13.9 Å². The first-order valence-electron chi connectivity index (χ1n) is 10.1. The van der Waals surface area contributed by atoms with Crippen molar-refractivity contribution < 1.29 is 23.5 Å². The summed E-state index contributed by atoms with van der Waals surface area (Å²) in [4.78, 5) is 36.9. The van der Waals surface area contributed by atoms with Crippen molar-refractivity contribution in [3.63, 3.8) is 0 Å². The van der Waals surface area contributed by atoms with Crippen LogP contribution in [-0.4, -0.2) is 11.9 Å². The van der Waals surface area contributed by atoms with Gasteiger partial charge in [-0.15, -0.1) is 0 Å². The van der Waals surface area contributed by atoms with Crippen molar-refractivity contribution in [3.8, 4) is 11.5 Å². The summed E-state index contributed by atoms with van der Waals surface area (Å²) in [7, 11) is 0. The van der Waals surface area contributed by atoms with E-state index in [1.807, 2.05) is 20.8 Å². The summed E-state index contributed by atoms with van der Waals surface area (Å²) in [5.74, 6) is -0.692. The van der Waals surface area contributed by atoms with Gasteiger partial charge in [-0.25, -0.2) is 4.79 Å². The smallest absolute Gasteiger partial charge is 0.336 e. The third kappa shape index (κ3) is 5.68. The molecule has 0 aliphatic heterocycles. The first kappa shape index (κ1) is 22.7. The van der Waals surface area contributed by atoms with Crippen molar-refractivity contribution in [2.75, 3.05) is 0 Å². The van der Waals surface area contributed by atoms with Crippen LogP contribution in [0.3, 0.4) is 0 Å². The van der Waals surface area contributed by atoms with Gasteiger partial charge in [-0.2, -0.15) is 0 Å². The second-order valence-electron chi connectivity index (χ2n) is 8.39. The molecule has 0 aliphatic carbocycles. The summed E-state index contributed by atoms with van der Waals surface area (Å²) in [6.07, 6.45) is 2.99. The lowest BCUT2D eigenvalue weighted by Crippen LogP contribution is -2.25. The van der Waals surface area contributed by atoms with Crippen LogP contribution in [0.1, 0.15) is 66.4 Å². The molecule has 1 heterocycles. The molecule has 29 heavy (non-hydrogen) atoms. The summed E-state index contributed by atoms with van der Waals surface area (Å²) in [6, 6.07) is 4.42. The Balaban J connectivity index is 2.60. The monoisotopic (exact) mass is 402 g/mol. The molecule has 1 aromatic heterocycles. The summed E-state index contributed by atoms with van der Waals surface area (Å²) < 4.78 is 16.5. The lowest BCUT2D eigenvalue weighted by atomic mass is 9.97. The molecule has 6 heteroatoms. The number of hydrogen-bond donors (Lipinski definition) is 0. The Bertz CT molecular complexity index is 948. The molecule has 0 bridgehead atoms. The zero-order valence-corrected chi connectivity index (χ0v) is 18.1. The van der Waals surface area contributed by atoms with Crippen molar-refractivity contribution in [1.29, 1.82) is 0 Å². The highest BCUT2D eigenvalue weighted by molar-refractivity contribution is 5.91. The van der Waals surface area contributed by atoms with E-state index in [9.17, 15) is 14.4 Å². The van der Waals surface area contributed by atoms with Crippen LogP contribution in [0.25, 0.3) is 11.0 Å². The number of benzene rings is 1. The van der Waals surface area contributed by atoms with E-state index in [0.717, 1.165) is 18.4 Å². The SMILES string of the molecule is CCCc1cc(=O)oc2cc(OC(=O)C(C)(C)C)cc(OC(=O)C(C)CCC)c12. The molecule has 2 rings (SSSR count). The second-order valence-corrected chi connectivity index (χ2v) is 8.39. The highest BCUT2D eigenvalue weighted by Crippen LogP contribution is 2.35. The Morgan fingerprint density at radius 3 is 2.34 bits per heavy atom. The van der Waals surface area contributed by atoms with Crippen molar-refractivity contribution in [2.45, 2.75) is 67.2 Å². The number of aryl methyl sites for hydroxylation is 1. The fourth-order valence-corrected chi connectivity index (χ4v) is 2.94. The molecule has 0 saturated heterocycles. The number of esters is 2. The van der Waals surface area contributed by atoms with Crippen molar-refractivity contribution in [2.24, 2.45) is 11.3 Å². The Labute approximate surface area is 171 Å². The molecule has 1 atom stereocenters. The molecule has 2 aromatic rings. The summed E-state index contributed by atoms with van der Waals surface area (Å²) in [5, 5.41) is 0.555. The fourth-order valence-electron chi connectivity index (χ4n) is 2.94. The van der Waals surface area contributed by atoms with E-state index in [1.165, 1.54) is 18.2 Å². The van der Waals surface area contributed by atoms with Gasteiger partial charge in [0.15, 0.2) is 0 Å². The quantitative estimate of drug-likeness (QED) is 0.367. The highest BCUT2D eigenvalue weighted by atomic mass is 16.5.